The van der Waals surface area contributed by atoms with E-state index in [4.69, 9.17) is 9.47 Å². The van der Waals surface area contributed by atoms with Crippen molar-refractivity contribution in [3.63, 3.8) is 0 Å². The molecule has 0 atom stereocenters. The van der Waals surface area contributed by atoms with Crippen molar-refractivity contribution in [2.75, 3.05) is 13.2 Å². The molecule has 0 N–H and O–H groups in total. The van der Waals surface area contributed by atoms with Crippen LogP contribution < -0.4 is 0 Å². The van der Waals surface area contributed by atoms with Crippen LogP contribution in [0.1, 0.15) is 37.3 Å². The smallest absolute Gasteiger partial charge is 0.358 e. The van der Waals surface area contributed by atoms with Gasteiger partial charge in [0.2, 0.25) is 0 Å². The largest absolute Gasteiger partial charge is 0.461 e. The van der Waals surface area contributed by atoms with Crippen molar-refractivity contribution < 1.29 is 18.7 Å². The fourth-order valence-corrected chi connectivity index (χ4v) is 4.10. The van der Waals surface area contributed by atoms with Crippen LogP contribution in [-0.4, -0.2) is 46.4 Å². The lowest BCUT2D eigenvalue weighted by Gasteiger charge is -2.17. The second-order valence-corrected chi connectivity index (χ2v) is 15.1. The molecule has 0 aliphatic heterocycles. The molecule has 0 fully saturated rings. The molecule has 0 unspecified atom stereocenters. The number of imidazole rings is 2. The lowest BCUT2D eigenvalue weighted by Crippen LogP contribution is -2.22. The first-order valence-electron chi connectivity index (χ1n) is 11.3. The second kappa shape index (κ2) is 10.4. The number of carbonyl (C=O) groups excluding carboxylic acids is 1. The number of esters is 1. The molecule has 1 aromatic carbocycles. The molecule has 3 rings (SSSR count). The maximum absolute atomic E-state index is 13.5. The second-order valence-electron chi connectivity index (χ2n) is 9.44. The van der Waals surface area contributed by atoms with Gasteiger partial charge in [0.05, 0.1) is 18.6 Å². The van der Waals surface area contributed by atoms with E-state index in [2.05, 4.69) is 29.6 Å². The highest BCUT2D eigenvalue weighted by Crippen LogP contribution is 2.33. The van der Waals surface area contributed by atoms with Crippen LogP contribution in [0, 0.1) is 5.82 Å². The van der Waals surface area contributed by atoms with E-state index in [0.29, 0.717) is 18.1 Å². The Bertz CT molecular complexity index is 1080. The standard InChI is InChI=1S/C24H33FN4O3Si/c1-7-32-24(30)20-14-28(16-31-12-13-33(4,5)6)23(27-20)22-21(26-15-29(22)17(2)3)18-8-10-19(25)11-9-18/h8-11,14-15,17H,7,12-13,16H2,1-6H3. The molecule has 178 valence electrons. The van der Waals surface area contributed by atoms with Gasteiger partial charge >= 0.3 is 5.97 Å². The Morgan fingerprint density at radius 2 is 1.88 bits per heavy atom. The lowest BCUT2D eigenvalue weighted by atomic mass is 10.1. The van der Waals surface area contributed by atoms with Gasteiger partial charge in [0.1, 0.15) is 18.2 Å². The summed E-state index contributed by atoms with van der Waals surface area (Å²) in [5.41, 5.74) is 2.37. The minimum absolute atomic E-state index is 0.0886. The Morgan fingerprint density at radius 3 is 2.48 bits per heavy atom. The van der Waals surface area contributed by atoms with Crippen LogP contribution in [-0.2, 0) is 16.2 Å². The van der Waals surface area contributed by atoms with Crippen LogP contribution in [0.3, 0.4) is 0 Å². The average molecular weight is 473 g/mol. The molecule has 0 saturated heterocycles. The van der Waals surface area contributed by atoms with Gasteiger partial charge in [0.25, 0.3) is 0 Å². The predicted molar refractivity (Wildman–Crippen MR) is 129 cm³/mol. The Balaban J connectivity index is 2.06. The minimum atomic E-state index is -1.24. The molecule has 0 amide bonds. The maximum atomic E-state index is 13.5. The number of nitrogens with zero attached hydrogens (tertiary/aromatic N) is 4. The van der Waals surface area contributed by atoms with Crippen molar-refractivity contribution in [3.8, 4) is 22.8 Å². The summed E-state index contributed by atoms with van der Waals surface area (Å²) in [6, 6.07) is 7.32. The van der Waals surface area contributed by atoms with E-state index < -0.39 is 14.0 Å². The van der Waals surface area contributed by atoms with Gasteiger partial charge in [0.15, 0.2) is 11.5 Å². The fraction of sp³-hybridized carbons (Fsp3) is 0.458. The predicted octanol–water partition coefficient (Wildman–Crippen LogP) is 5.62. The summed E-state index contributed by atoms with van der Waals surface area (Å²) in [6.07, 6.45) is 3.40. The van der Waals surface area contributed by atoms with Crippen molar-refractivity contribution in [1.82, 2.24) is 19.1 Å². The number of rotatable bonds is 10. The third-order valence-corrected chi connectivity index (χ3v) is 6.87. The monoisotopic (exact) mass is 472 g/mol. The Kier molecular flexibility index (Phi) is 7.86. The highest BCUT2D eigenvalue weighted by Gasteiger charge is 2.24. The number of benzene rings is 1. The molecule has 2 heterocycles. The van der Waals surface area contributed by atoms with Crippen LogP contribution in [0.2, 0.25) is 25.7 Å². The highest BCUT2D eigenvalue weighted by molar-refractivity contribution is 6.76. The number of carbonyl (C=O) groups is 1. The van der Waals surface area contributed by atoms with Crippen molar-refractivity contribution in [1.29, 1.82) is 0 Å². The topological polar surface area (TPSA) is 71.2 Å². The molecule has 0 spiro atoms. The van der Waals surface area contributed by atoms with Gasteiger partial charge < -0.3 is 18.6 Å². The van der Waals surface area contributed by atoms with Gasteiger partial charge in [0, 0.05) is 32.5 Å². The average Bonchev–Trinajstić information content (AvgIpc) is 3.35. The lowest BCUT2D eigenvalue weighted by molar-refractivity contribution is 0.0519. The summed E-state index contributed by atoms with van der Waals surface area (Å²) >= 11 is 0. The van der Waals surface area contributed by atoms with Crippen molar-refractivity contribution in [3.05, 3.63) is 48.3 Å². The molecule has 0 saturated carbocycles. The van der Waals surface area contributed by atoms with E-state index in [1.807, 2.05) is 23.0 Å². The summed E-state index contributed by atoms with van der Waals surface area (Å²) in [5.74, 6) is -0.249. The summed E-state index contributed by atoms with van der Waals surface area (Å²) < 4.78 is 28.5. The SMILES string of the molecule is CCOC(=O)c1cn(COCC[Si](C)(C)C)c(-c2c(-c3ccc(F)cc3)ncn2C(C)C)n1. The van der Waals surface area contributed by atoms with Crippen LogP contribution in [0.5, 0.6) is 0 Å². The molecule has 7 nitrogen and oxygen atoms in total. The van der Waals surface area contributed by atoms with Gasteiger partial charge in [-0.05, 0) is 51.1 Å². The third-order valence-electron chi connectivity index (χ3n) is 5.17. The molecule has 0 aliphatic rings. The van der Waals surface area contributed by atoms with E-state index in [1.165, 1.54) is 12.1 Å². The quantitative estimate of drug-likeness (QED) is 0.217. The van der Waals surface area contributed by atoms with Gasteiger partial charge in [-0.1, -0.05) is 19.6 Å². The van der Waals surface area contributed by atoms with Gasteiger partial charge in [-0.15, -0.1) is 0 Å². The van der Waals surface area contributed by atoms with E-state index in [0.717, 1.165) is 17.3 Å². The van der Waals surface area contributed by atoms with E-state index in [1.54, 1.807) is 31.6 Å². The first-order valence-corrected chi connectivity index (χ1v) is 15.0. The Hall–Kier alpha value is -2.78. The molecule has 2 aromatic heterocycles. The van der Waals surface area contributed by atoms with Gasteiger partial charge in [-0.3, -0.25) is 0 Å². The summed E-state index contributed by atoms with van der Waals surface area (Å²) in [4.78, 5) is 21.7. The number of ether oxygens (including phenoxy) is 2. The van der Waals surface area contributed by atoms with Crippen molar-refractivity contribution in [2.24, 2.45) is 0 Å². The zero-order chi connectivity index (χ0) is 24.2. The molecular formula is C24H33FN4O3Si. The summed E-state index contributed by atoms with van der Waals surface area (Å²) in [5, 5.41) is 0. The molecule has 33 heavy (non-hydrogen) atoms. The first kappa shape index (κ1) is 24.9. The Labute approximate surface area is 195 Å². The molecule has 0 radical (unpaired) electrons. The van der Waals surface area contributed by atoms with Crippen LogP contribution >= 0.6 is 0 Å². The zero-order valence-corrected chi connectivity index (χ0v) is 21.3. The summed E-state index contributed by atoms with van der Waals surface area (Å²) in [6.45, 7) is 13.9. The van der Waals surface area contributed by atoms with Crippen molar-refractivity contribution in [2.45, 2.75) is 59.2 Å². The number of hydrogen-bond acceptors (Lipinski definition) is 5. The van der Waals surface area contributed by atoms with Crippen LogP contribution in [0.25, 0.3) is 22.8 Å². The van der Waals surface area contributed by atoms with E-state index >= 15 is 0 Å². The molecule has 0 bridgehead atoms. The normalized spacial score (nSPS) is 11.9. The zero-order valence-electron chi connectivity index (χ0n) is 20.3. The number of hydrogen-bond donors (Lipinski definition) is 0. The van der Waals surface area contributed by atoms with E-state index in [-0.39, 0.29) is 30.9 Å². The van der Waals surface area contributed by atoms with Gasteiger partial charge in [-0.2, -0.15) is 0 Å². The summed E-state index contributed by atoms with van der Waals surface area (Å²) in [7, 11) is -1.24. The Morgan fingerprint density at radius 1 is 1.18 bits per heavy atom. The number of halogens is 1. The first-order chi connectivity index (χ1) is 15.6. The van der Waals surface area contributed by atoms with Crippen LogP contribution in [0.4, 0.5) is 4.39 Å². The molecule has 3 aromatic rings. The third kappa shape index (κ3) is 6.17. The van der Waals surface area contributed by atoms with Crippen LogP contribution in [0.15, 0.2) is 36.8 Å². The fourth-order valence-electron chi connectivity index (χ4n) is 3.34. The molecule has 9 heteroatoms. The van der Waals surface area contributed by atoms with Gasteiger partial charge in [-0.25, -0.2) is 19.2 Å². The highest BCUT2D eigenvalue weighted by atomic mass is 28.3. The molecular weight excluding hydrogens is 439 g/mol. The number of aromatic nitrogens is 4. The minimum Gasteiger partial charge on any atom is -0.461 e. The van der Waals surface area contributed by atoms with E-state index in [9.17, 15) is 9.18 Å². The molecule has 0 aliphatic carbocycles. The maximum Gasteiger partial charge on any atom is 0.358 e. The van der Waals surface area contributed by atoms with Crippen molar-refractivity contribution >= 4 is 14.0 Å².